The highest BCUT2D eigenvalue weighted by atomic mass is 19.4. The van der Waals surface area contributed by atoms with Crippen LogP contribution in [0.25, 0.3) is 0 Å². The zero-order valence-corrected chi connectivity index (χ0v) is 9.41. The largest absolute Gasteiger partial charge is 0.490 e. The van der Waals surface area contributed by atoms with E-state index in [0.29, 0.717) is 11.8 Å². The fourth-order valence-corrected chi connectivity index (χ4v) is 2.46. The topological polar surface area (TPSA) is 86.6 Å². The van der Waals surface area contributed by atoms with Gasteiger partial charge in [0, 0.05) is 0 Å². The molecular formula is C10H14F3NO4. The number of aliphatic carboxylic acids is 2. The van der Waals surface area contributed by atoms with E-state index in [4.69, 9.17) is 15.0 Å². The second-order valence-electron chi connectivity index (χ2n) is 4.38. The van der Waals surface area contributed by atoms with Crippen LogP contribution >= 0.6 is 0 Å². The number of fused-ring (bicyclic) bond motifs is 1. The van der Waals surface area contributed by atoms with Crippen molar-refractivity contribution in [3.8, 4) is 0 Å². The number of halogens is 3. The molecule has 0 aromatic rings. The standard InChI is InChI=1S/C8H13NO2.C2HF3O2/c10-8(11)7-6-3-1-2-5(6)4-9-7;3-2(4,5)1(6)7/h5-7,9H,1-4H2,(H,10,11);(H,6,7)/t5-,6-,7-;/m0./s1. The molecule has 0 radical (unpaired) electrons. The number of rotatable bonds is 1. The molecule has 2 aliphatic rings. The lowest BCUT2D eigenvalue weighted by Gasteiger charge is -2.12. The van der Waals surface area contributed by atoms with Gasteiger partial charge in [0.2, 0.25) is 0 Å². The molecule has 3 atom stereocenters. The van der Waals surface area contributed by atoms with Crippen molar-refractivity contribution in [2.24, 2.45) is 11.8 Å². The summed E-state index contributed by atoms with van der Waals surface area (Å²) in [5, 5.41) is 19.0. The maximum Gasteiger partial charge on any atom is 0.490 e. The smallest absolute Gasteiger partial charge is 0.480 e. The van der Waals surface area contributed by atoms with Crippen molar-refractivity contribution in [1.82, 2.24) is 5.32 Å². The second kappa shape index (κ2) is 5.55. The lowest BCUT2D eigenvalue weighted by molar-refractivity contribution is -0.192. The van der Waals surface area contributed by atoms with Crippen LogP contribution in [0.5, 0.6) is 0 Å². The van der Waals surface area contributed by atoms with Crippen molar-refractivity contribution in [2.75, 3.05) is 6.54 Å². The monoisotopic (exact) mass is 269 g/mol. The molecule has 1 aliphatic heterocycles. The number of carboxylic acid groups (broad SMARTS) is 2. The molecule has 0 unspecified atom stereocenters. The number of alkyl halides is 3. The molecule has 5 nitrogen and oxygen atoms in total. The molecule has 0 aromatic carbocycles. The fourth-order valence-electron chi connectivity index (χ4n) is 2.46. The van der Waals surface area contributed by atoms with Crippen LogP contribution in [-0.4, -0.2) is 40.9 Å². The Morgan fingerprint density at radius 3 is 2.17 bits per heavy atom. The van der Waals surface area contributed by atoms with Gasteiger partial charge >= 0.3 is 18.1 Å². The van der Waals surface area contributed by atoms with E-state index in [2.05, 4.69) is 5.32 Å². The Morgan fingerprint density at radius 2 is 1.72 bits per heavy atom. The third kappa shape index (κ3) is 3.59. The summed E-state index contributed by atoms with van der Waals surface area (Å²) in [6.07, 6.45) is -1.53. The van der Waals surface area contributed by atoms with Gasteiger partial charge in [-0.15, -0.1) is 0 Å². The van der Waals surface area contributed by atoms with E-state index >= 15 is 0 Å². The van der Waals surface area contributed by atoms with Crippen molar-refractivity contribution >= 4 is 11.9 Å². The molecule has 1 heterocycles. The average Bonchev–Trinajstić information content (AvgIpc) is 2.75. The second-order valence-corrected chi connectivity index (χ2v) is 4.38. The Balaban J connectivity index is 0.000000203. The molecule has 3 N–H and O–H groups in total. The molecule has 0 aromatic heterocycles. The third-order valence-electron chi connectivity index (χ3n) is 3.25. The molecule has 18 heavy (non-hydrogen) atoms. The van der Waals surface area contributed by atoms with E-state index in [1.165, 1.54) is 12.8 Å². The van der Waals surface area contributed by atoms with Crippen LogP contribution in [0.4, 0.5) is 13.2 Å². The Bertz CT molecular complexity index is 332. The molecule has 1 saturated heterocycles. The molecule has 8 heteroatoms. The maximum absolute atomic E-state index is 10.7. The highest BCUT2D eigenvalue weighted by molar-refractivity contribution is 5.74. The summed E-state index contributed by atoms with van der Waals surface area (Å²) in [5.41, 5.74) is 0. The van der Waals surface area contributed by atoms with Gasteiger partial charge in [-0.3, -0.25) is 4.79 Å². The third-order valence-corrected chi connectivity index (χ3v) is 3.25. The highest BCUT2D eigenvalue weighted by Gasteiger charge is 2.42. The van der Waals surface area contributed by atoms with Crippen LogP contribution in [0.2, 0.25) is 0 Å². The summed E-state index contributed by atoms with van der Waals surface area (Å²) >= 11 is 0. The van der Waals surface area contributed by atoms with Crippen LogP contribution in [0.15, 0.2) is 0 Å². The van der Waals surface area contributed by atoms with Crippen LogP contribution < -0.4 is 5.32 Å². The lowest BCUT2D eigenvalue weighted by atomic mass is 9.94. The average molecular weight is 269 g/mol. The van der Waals surface area contributed by atoms with Gasteiger partial charge < -0.3 is 15.5 Å². The quantitative estimate of drug-likeness (QED) is 0.663. The number of hydrogen-bond acceptors (Lipinski definition) is 3. The Kier molecular flexibility index (Phi) is 4.55. The molecule has 0 amide bonds. The van der Waals surface area contributed by atoms with Crippen LogP contribution in [0, 0.1) is 11.8 Å². The first-order chi connectivity index (χ1) is 8.23. The van der Waals surface area contributed by atoms with Crippen molar-refractivity contribution in [1.29, 1.82) is 0 Å². The van der Waals surface area contributed by atoms with Gasteiger partial charge in [0.25, 0.3) is 0 Å². The van der Waals surface area contributed by atoms with Gasteiger partial charge in [-0.05, 0) is 31.2 Å². The van der Waals surface area contributed by atoms with Crippen LogP contribution in [0.3, 0.4) is 0 Å². The van der Waals surface area contributed by atoms with E-state index in [-0.39, 0.29) is 6.04 Å². The van der Waals surface area contributed by atoms with Crippen molar-refractivity contribution < 1.29 is 33.0 Å². The van der Waals surface area contributed by atoms with Gasteiger partial charge in [-0.1, -0.05) is 6.42 Å². The fraction of sp³-hybridized carbons (Fsp3) is 0.800. The maximum atomic E-state index is 10.7. The summed E-state index contributed by atoms with van der Waals surface area (Å²) in [5.74, 6) is -2.35. The van der Waals surface area contributed by atoms with Gasteiger partial charge in [-0.25, -0.2) is 4.79 Å². The van der Waals surface area contributed by atoms with Crippen LogP contribution in [-0.2, 0) is 9.59 Å². The first-order valence-corrected chi connectivity index (χ1v) is 5.49. The number of carboxylic acids is 2. The molecule has 2 rings (SSSR count). The minimum absolute atomic E-state index is 0.248. The van der Waals surface area contributed by atoms with Crippen LogP contribution in [0.1, 0.15) is 19.3 Å². The lowest BCUT2D eigenvalue weighted by Crippen LogP contribution is -2.35. The summed E-state index contributed by atoms with van der Waals surface area (Å²) in [7, 11) is 0. The molecule has 2 fully saturated rings. The van der Waals surface area contributed by atoms with Gasteiger partial charge in [-0.2, -0.15) is 13.2 Å². The predicted molar refractivity (Wildman–Crippen MR) is 53.9 cm³/mol. The minimum atomic E-state index is -5.08. The highest BCUT2D eigenvalue weighted by Crippen LogP contribution is 2.37. The van der Waals surface area contributed by atoms with E-state index < -0.39 is 18.1 Å². The van der Waals surface area contributed by atoms with Crippen molar-refractivity contribution in [2.45, 2.75) is 31.5 Å². The Morgan fingerprint density at radius 1 is 1.17 bits per heavy atom. The summed E-state index contributed by atoms with van der Waals surface area (Å²) in [6, 6.07) is -0.248. The zero-order chi connectivity index (χ0) is 13.9. The first kappa shape index (κ1) is 14.7. The molecular weight excluding hydrogens is 255 g/mol. The zero-order valence-electron chi connectivity index (χ0n) is 9.41. The minimum Gasteiger partial charge on any atom is -0.480 e. The Labute approximate surface area is 101 Å². The summed E-state index contributed by atoms with van der Waals surface area (Å²) < 4.78 is 31.7. The SMILES string of the molecule is O=C(O)C(F)(F)F.O=C(O)[C@H]1NC[C@@H]2CCC[C@@H]21. The first-order valence-electron chi connectivity index (χ1n) is 5.49. The molecule has 0 spiro atoms. The predicted octanol–water partition coefficient (Wildman–Crippen LogP) is 1.09. The normalized spacial score (nSPS) is 30.3. The molecule has 104 valence electrons. The Hall–Kier alpha value is -1.31. The van der Waals surface area contributed by atoms with Gasteiger partial charge in [0.05, 0.1) is 0 Å². The molecule has 1 saturated carbocycles. The van der Waals surface area contributed by atoms with Gasteiger partial charge in [0.1, 0.15) is 6.04 Å². The molecule has 1 aliphatic carbocycles. The number of hydrogen-bond donors (Lipinski definition) is 3. The summed E-state index contributed by atoms with van der Waals surface area (Å²) in [6.45, 7) is 0.918. The van der Waals surface area contributed by atoms with E-state index in [1.807, 2.05) is 0 Å². The van der Waals surface area contributed by atoms with Crippen molar-refractivity contribution in [3.05, 3.63) is 0 Å². The van der Waals surface area contributed by atoms with E-state index in [9.17, 15) is 18.0 Å². The van der Waals surface area contributed by atoms with Gasteiger partial charge in [0.15, 0.2) is 0 Å². The van der Waals surface area contributed by atoms with Crippen molar-refractivity contribution in [3.63, 3.8) is 0 Å². The number of carbonyl (C=O) groups is 2. The van der Waals surface area contributed by atoms with E-state index in [1.54, 1.807) is 0 Å². The summed E-state index contributed by atoms with van der Waals surface area (Å²) in [4.78, 5) is 19.6. The number of nitrogens with one attached hydrogen (secondary N) is 1. The molecule has 0 bridgehead atoms. The van der Waals surface area contributed by atoms with E-state index in [0.717, 1.165) is 13.0 Å².